The van der Waals surface area contributed by atoms with Crippen LogP contribution in [-0.2, 0) is 6.42 Å². The van der Waals surface area contributed by atoms with Crippen LogP contribution in [0.1, 0.15) is 12.0 Å². The van der Waals surface area contributed by atoms with Gasteiger partial charge in [-0.05, 0) is 41.7 Å². The second kappa shape index (κ2) is 6.20. The van der Waals surface area contributed by atoms with Crippen LogP contribution in [0.5, 0.6) is 5.75 Å². The van der Waals surface area contributed by atoms with E-state index in [2.05, 4.69) is 24.3 Å². The molecule has 0 fully saturated rings. The summed E-state index contributed by atoms with van der Waals surface area (Å²) in [6.45, 7) is -0.250. The average molecular weight is 244 g/mol. The van der Waals surface area contributed by atoms with Crippen LogP contribution in [0.25, 0.3) is 11.1 Å². The molecular formula is C16H17FO. The van der Waals surface area contributed by atoms with E-state index in [4.69, 9.17) is 4.74 Å². The Morgan fingerprint density at radius 3 is 1.94 bits per heavy atom. The largest absolute Gasteiger partial charge is 0.497 e. The molecule has 2 aromatic carbocycles. The van der Waals surface area contributed by atoms with Gasteiger partial charge in [0.2, 0.25) is 0 Å². The third-order valence-corrected chi connectivity index (χ3v) is 2.98. The third-order valence-electron chi connectivity index (χ3n) is 2.98. The maximum atomic E-state index is 12.1. The lowest BCUT2D eigenvalue weighted by Crippen LogP contribution is -1.87. The van der Waals surface area contributed by atoms with Gasteiger partial charge in [0.25, 0.3) is 0 Å². The van der Waals surface area contributed by atoms with Crippen molar-refractivity contribution in [3.05, 3.63) is 54.1 Å². The van der Waals surface area contributed by atoms with Gasteiger partial charge in [-0.2, -0.15) is 0 Å². The molecule has 0 aliphatic heterocycles. The number of ether oxygens (including phenoxy) is 1. The molecule has 2 rings (SSSR count). The predicted octanol–water partition coefficient (Wildman–Crippen LogP) is 4.26. The van der Waals surface area contributed by atoms with E-state index in [1.165, 1.54) is 11.1 Å². The number of aryl methyl sites for hydroxylation is 1. The standard InChI is InChI=1S/C16H17FO/c1-18-16-10-8-15(9-11-16)14-6-4-13(5-7-14)3-2-12-17/h4-11H,2-3,12H2,1H3. The number of benzene rings is 2. The van der Waals surface area contributed by atoms with Crippen molar-refractivity contribution in [2.45, 2.75) is 12.8 Å². The molecule has 0 aliphatic carbocycles. The molecule has 0 aliphatic rings. The van der Waals surface area contributed by atoms with E-state index in [0.29, 0.717) is 6.42 Å². The lowest BCUT2D eigenvalue weighted by atomic mass is 10.0. The summed E-state index contributed by atoms with van der Waals surface area (Å²) in [4.78, 5) is 0. The van der Waals surface area contributed by atoms with E-state index in [9.17, 15) is 4.39 Å². The summed E-state index contributed by atoms with van der Waals surface area (Å²) >= 11 is 0. The molecule has 0 saturated carbocycles. The first-order chi connectivity index (χ1) is 8.83. The van der Waals surface area contributed by atoms with Crippen molar-refractivity contribution in [2.75, 3.05) is 13.8 Å². The molecule has 18 heavy (non-hydrogen) atoms. The Morgan fingerprint density at radius 1 is 0.889 bits per heavy atom. The monoisotopic (exact) mass is 244 g/mol. The van der Waals surface area contributed by atoms with Crippen molar-refractivity contribution in [3.8, 4) is 16.9 Å². The minimum absolute atomic E-state index is 0.250. The summed E-state index contributed by atoms with van der Waals surface area (Å²) < 4.78 is 17.2. The minimum Gasteiger partial charge on any atom is -0.497 e. The molecule has 2 aromatic rings. The highest BCUT2D eigenvalue weighted by atomic mass is 19.1. The van der Waals surface area contributed by atoms with E-state index in [-0.39, 0.29) is 6.67 Å². The predicted molar refractivity (Wildman–Crippen MR) is 72.7 cm³/mol. The number of methoxy groups -OCH3 is 1. The molecular weight excluding hydrogens is 227 g/mol. The van der Waals surface area contributed by atoms with Gasteiger partial charge in [-0.3, -0.25) is 4.39 Å². The molecule has 0 bridgehead atoms. The Hall–Kier alpha value is -1.83. The Morgan fingerprint density at radius 2 is 1.44 bits per heavy atom. The second-order valence-corrected chi connectivity index (χ2v) is 4.22. The summed E-state index contributed by atoms with van der Waals surface area (Å²) in [6.07, 6.45) is 1.40. The van der Waals surface area contributed by atoms with Crippen LogP contribution in [-0.4, -0.2) is 13.8 Å². The highest BCUT2D eigenvalue weighted by molar-refractivity contribution is 5.64. The van der Waals surface area contributed by atoms with E-state index >= 15 is 0 Å². The van der Waals surface area contributed by atoms with Crippen molar-refractivity contribution < 1.29 is 9.13 Å². The Labute approximate surface area is 107 Å². The van der Waals surface area contributed by atoms with Crippen molar-refractivity contribution in [1.82, 2.24) is 0 Å². The van der Waals surface area contributed by atoms with Gasteiger partial charge in [-0.25, -0.2) is 0 Å². The lowest BCUT2D eigenvalue weighted by Gasteiger charge is -2.05. The van der Waals surface area contributed by atoms with Gasteiger partial charge >= 0.3 is 0 Å². The molecule has 2 heteroatoms. The summed E-state index contributed by atoms with van der Waals surface area (Å²) in [5, 5.41) is 0. The van der Waals surface area contributed by atoms with Crippen molar-refractivity contribution >= 4 is 0 Å². The first-order valence-electron chi connectivity index (χ1n) is 6.13. The summed E-state index contributed by atoms with van der Waals surface area (Å²) in [6, 6.07) is 16.3. The van der Waals surface area contributed by atoms with Gasteiger partial charge in [-0.1, -0.05) is 36.4 Å². The zero-order valence-electron chi connectivity index (χ0n) is 10.5. The van der Waals surface area contributed by atoms with Crippen LogP contribution < -0.4 is 4.74 Å². The topological polar surface area (TPSA) is 9.23 Å². The van der Waals surface area contributed by atoms with Gasteiger partial charge in [0.05, 0.1) is 13.8 Å². The number of hydrogen-bond donors (Lipinski definition) is 0. The average Bonchev–Trinajstić information content (AvgIpc) is 2.46. The van der Waals surface area contributed by atoms with Crippen LogP contribution in [0.4, 0.5) is 4.39 Å². The molecule has 1 nitrogen and oxygen atoms in total. The summed E-state index contributed by atoms with van der Waals surface area (Å²) in [7, 11) is 1.66. The van der Waals surface area contributed by atoms with Gasteiger partial charge in [0.15, 0.2) is 0 Å². The van der Waals surface area contributed by atoms with Gasteiger partial charge in [0, 0.05) is 0 Å². The molecule has 0 amide bonds. The highest BCUT2D eigenvalue weighted by Gasteiger charge is 1.99. The Bertz CT molecular complexity index is 473. The molecule has 0 heterocycles. The van der Waals surface area contributed by atoms with Crippen LogP contribution >= 0.6 is 0 Å². The molecule has 0 saturated heterocycles. The number of alkyl halides is 1. The fourth-order valence-corrected chi connectivity index (χ4v) is 1.92. The molecule has 0 aromatic heterocycles. The first-order valence-corrected chi connectivity index (χ1v) is 6.13. The molecule has 0 unspecified atom stereocenters. The molecule has 0 atom stereocenters. The summed E-state index contributed by atoms with van der Waals surface area (Å²) in [5.74, 6) is 0.860. The third kappa shape index (κ3) is 3.10. The highest BCUT2D eigenvalue weighted by Crippen LogP contribution is 2.22. The molecule has 0 radical (unpaired) electrons. The van der Waals surface area contributed by atoms with Crippen molar-refractivity contribution in [2.24, 2.45) is 0 Å². The fourth-order valence-electron chi connectivity index (χ4n) is 1.92. The fraction of sp³-hybridized carbons (Fsp3) is 0.250. The zero-order valence-corrected chi connectivity index (χ0v) is 10.5. The number of rotatable bonds is 5. The Balaban J connectivity index is 2.12. The summed E-state index contributed by atoms with van der Waals surface area (Å²) in [5.41, 5.74) is 3.51. The molecule has 0 spiro atoms. The van der Waals surface area contributed by atoms with E-state index in [0.717, 1.165) is 17.7 Å². The lowest BCUT2D eigenvalue weighted by molar-refractivity contribution is 0.415. The van der Waals surface area contributed by atoms with E-state index in [1.807, 2.05) is 24.3 Å². The maximum Gasteiger partial charge on any atom is 0.118 e. The van der Waals surface area contributed by atoms with Crippen LogP contribution in [0, 0.1) is 0 Å². The Kier molecular flexibility index (Phi) is 4.35. The molecule has 94 valence electrons. The van der Waals surface area contributed by atoms with Crippen LogP contribution in [0.3, 0.4) is 0 Å². The maximum absolute atomic E-state index is 12.1. The minimum atomic E-state index is -0.250. The second-order valence-electron chi connectivity index (χ2n) is 4.22. The van der Waals surface area contributed by atoms with E-state index < -0.39 is 0 Å². The van der Waals surface area contributed by atoms with Gasteiger partial charge < -0.3 is 4.74 Å². The van der Waals surface area contributed by atoms with Crippen LogP contribution in [0.2, 0.25) is 0 Å². The SMILES string of the molecule is COc1ccc(-c2ccc(CCCF)cc2)cc1. The van der Waals surface area contributed by atoms with E-state index in [1.54, 1.807) is 7.11 Å². The van der Waals surface area contributed by atoms with Crippen molar-refractivity contribution in [3.63, 3.8) is 0 Å². The first kappa shape index (κ1) is 12.6. The van der Waals surface area contributed by atoms with Gasteiger partial charge in [0.1, 0.15) is 5.75 Å². The van der Waals surface area contributed by atoms with Crippen LogP contribution in [0.15, 0.2) is 48.5 Å². The quantitative estimate of drug-likeness (QED) is 0.763. The normalized spacial score (nSPS) is 10.3. The number of hydrogen-bond acceptors (Lipinski definition) is 1. The molecule has 0 N–H and O–H groups in total. The zero-order chi connectivity index (χ0) is 12.8. The smallest absolute Gasteiger partial charge is 0.118 e. The van der Waals surface area contributed by atoms with Crippen molar-refractivity contribution in [1.29, 1.82) is 0 Å². The number of halogens is 1. The van der Waals surface area contributed by atoms with Gasteiger partial charge in [-0.15, -0.1) is 0 Å².